The molecule has 1 aliphatic rings. The fourth-order valence-electron chi connectivity index (χ4n) is 3.22. The van der Waals surface area contributed by atoms with Gasteiger partial charge in [0, 0.05) is 18.8 Å². The molecule has 0 spiro atoms. The predicted octanol–water partition coefficient (Wildman–Crippen LogP) is 1.04. The Bertz CT molecular complexity index is 900. The van der Waals surface area contributed by atoms with Crippen molar-refractivity contribution in [2.75, 3.05) is 32.1 Å². The largest absolute Gasteiger partial charge is 0.466 e. The summed E-state index contributed by atoms with van der Waals surface area (Å²) in [6.07, 6.45) is 0. The number of esters is 1. The summed E-state index contributed by atoms with van der Waals surface area (Å²) in [4.78, 5) is 30.5. The van der Waals surface area contributed by atoms with Gasteiger partial charge >= 0.3 is 5.97 Å². The minimum Gasteiger partial charge on any atom is -0.466 e. The molecule has 1 amide bonds. The number of methoxy groups -OCH3 is 1. The van der Waals surface area contributed by atoms with Gasteiger partial charge in [-0.1, -0.05) is 0 Å². The zero-order valence-corrected chi connectivity index (χ0v) is 15.1. The van der Waals surface area contributed by atoms with Gasteiger partial charge in [0.05, 0.1) is 36.9 Å². The number of nitrogens with zero attached hydrogens (tertiary/aromatic N) is 3. The van der Waals surface area contributed by atoms with E-state index in [-0.39, 0.29) is 36.9 Å². The number of aliphatic hydroxyl groups is 1. The van der Waals surface area contributed by atoms with Crippen LogP contribution in [0.5, 0.6) is 0 Å². The van der Waals surface area contributed by atoms with Crippen molar-refractivity contribution >= 4 is 28.6 Å². The molecule has 0 saturated heterocycles. The summed E-state index contributed by atoms with van der Waals surface area (Å²) in [7, 11) is 1.28. The number of anilines is 1. The van der Waals surface area contributed by atoms with Gasteiger partial charge in [-0.15, -0.1) is 0 Å². The number of aryl methyl sites for hydroxylation is 2. The van der Waals surface area contributed by atoms with Crippen LogP contribution < -0.4 is 5.32 Å². The maximum Gasteiger partial charge on any atom is 0.337 e. The second-order valence-electron chi connectivity index (χ2n) is 6.03. The Balaban J connectivity index is 1.95. The molecule has 0 saturated carbocycles. The second kappa shape index (κ2) is 7.17. The van der Waals surface area contributed by atoms with E-state index < -0.39 is 5.97 Å². The van der Waals surface area contributed by atoms with E-state index in [1.54, 1.807) is 0 Å². The van der Waals surface area contributed by atoms with Gasteiger partial charge in [0.2, 0.25) is 0 Å². The number of ether oxygens (including phenoxy) is 1. The van der Waals surface area contributed by atoms with Crippen LogP contribution in [0.4, 0.5) is 5.69 Å². The fraction of sp³-hybridized carbons (Fsp3) is 0.389. The van der Waals surface area contributed by atoms with Crippen LogP contribution in [-0.4, -0.2) is 58.2 Å². The molecule has 26 heavy (non-hydrogen) atoms. The molecule has 2 N–H and O–H groups in total. The van der Waals surface area contributed by atoms with Gasteiger partial charge in [0.15, 0.2) is 0 Å². The number of rotatable bonds is 6. The highest BCUT2D eigenvalue weighted by molar-refractivity contribution is 6.08. The number of carbonyl (C=O) groups excluding carboxylic acids is 2. The topological polar surface area (TPSA) is 96.7 Å². The monoisotopic (exact) mass is 358 g/mol. The Morgan fingerprint density at radius 1 is 1.42 bits per heavy atom. The van der Waals surface area contributed by atoms with Crippen LogP contribution in [0, 0.1) is 6.92 Å². The lowest BCUT2D eigenvalue weighted by atomic mass is 10.2. The SMILES string of the molecule is CCn1c(C)nc2cc(NC3=C(C(=O)OC)CN(CCO)C3=O)ccc21. The number of nitrogens with one attached hydrogen (secondary N) is 1. The highest BCUT2D eigenvalue weighted by Crippen LogP contribution is 2.25. The molecule has 0 bridgehead atoms. The first-order chi connectivity index (χ1) is 12.5. The van der Waals surface area contributed by atoms with Crippen molar-refractivity contribution in [2.24, 2.45) is 0 Å². The third kappa shape index (κ3) is 3.03. The van der Waals surface area contributed by atoms with Crippen molar-refractivity contribution in [3.05, 3.63) is 35.3 Å². The molecule has 1 aliphatic heterocycles. The number of hydrogen-bond donors (Lipinski definition) is 2. The van der Waals surface area contributed by atoms with Crippen LogP contribution in [-0.2, 0) is 20.9 Å². The maximum atomic E-state index is 12.6. The molecular formula is C18H22N4O4. The smallest absolute Gasteiger partial charge is 0.337 e. The molecule has 8 heteroatoms. The van der Waals surface area contributed by atoms with Gasteiger partial charge in [-0.3, -0.25) is 4.79 Å². The molecule has 2 heterocycles. The third-order valence-electron chi connectivity index (χ3n) is 4.48. The maximum absolute atomic E-state index is 12.6. The van der Waals surface area contributed by atoms with E-state index in [0.717, 1.165) is 23.4 Å². The lowest BCUT2D eigenvalue weighted by molar-refractivity contribution is -0.136. The van der Waals surface area contributed by atoms with Crippen LogP contribution >= 0.6 is 0 Å². The molecule has 0 unspecified atom stereocenters. The number of hydrogen-bond acceptors (Lipinski definition) is 6. The number of benzene rings is 1. The summed E-state index contributed by atoms with van der Waals surface area (Å²) in [6, 6.07) is 5.63. The highest BCUT2D eigenvalue weighted by Gasteiger charge is 2.34. The standard InChI is InChI=1S/C18H22N4O4/c1-4-22-11(2)19-14-9-12(5-6-15(14)22)20-16-13(18(25)26-3)10-21(7-8-23)17(16)24/h5-6,9,20,23H,4,7-8,10H2,1-3H3. The molecular weight excluding hydrogens is 336 g/mol. The van der Waals surface area contributed by atoms with Crippen LogP contribution in [0.1, 0.15) is 12.7 Å². The van der Waals surface area contributed by atoms with E-state index in [0.29, 0.717) is 5.69 Å². The van der Waals surface area contributed by atoms with Crippen molar-refractivity contribution in [3.63, 3.8) is 0 Å². The molecule has 2 aromatic rings. The van der Waals surface area contributed by atoms with E-state index in [1.807, 2.05) is 25.1 Å². The van der Waals surface area contributed by atoms with Crippen LogP contribution in [0.3, 0.4) is 0 Å². The lowest BCUT2D eigenvalue weighted by Crippen LogP contribution is -2.31. The molecule has 3 rings (SSSR count). The average Bonchev–Trinajstić information content (AvgIpc) is 3.11. The summed E-state index contributed by atoms with van der Waals surface area (Å²) in [5, 5.41) is 12.2. The molecule has 138 valence electrons. The number of imidazole rings is 1. The number of carbonyl (C=O) groups is 2. The van der Waals surface area contributed by atoms with Crippen LogP contribution in [0.15, 0.2) is 29.5 Å². The average molecular weight is 358 g/mol. The number of aromatic nitrogens is 2. The summed E-state index contributed by atoms with van der Waals surface area (Å²) in [5.41, 5.74) is 2.91. The third-order valence-corrected chi connectivity index (χ3v) is 4.48. The van der Waals surface area contributed by atoms with Gasteiger partial charge < -0.3 is 24.6 Å². The summed E-state index contributed by atoms with van der Waals surface area (Å²) in [5.74, 6) is 0.0171. The molecule has 1 aromatic heterocycles. The van der Waals surface area contributed by atoms with E-state index in [2.05, 4.69) is 21.8 Å². The lowest BCUT2D eigenvalue weighted by Gasteiger charge is -2.15. The molecule has 1 aromatic carbocycles. The summed E-state index contributed by atoms with van der Waals surface area (Å²) in [6.45, 7) is 4.92. The van der Waals surface area contributed by atoms with Crippen LogP contribution in [0.25, 0.3) is 11.0 Å². The first kappa shape index (κ1) is 17.9. The quantitative estimate of drug-likeness (QED) is 0.749. The predicted molar refractivity (Wildman–Crippen MR) is 96.5 cm³/mol. The summed E-state index contributed by atoms with van der Waals surface area (Å²) < 4.78 is 6.89. The van der Waals surface area contributed by atoms with Crippen molar-refractivity contribution in [3.8, 4) is 0 Å². The number of β-amino-alcohol motifs (C(OH)–C–C–N with tert-alkyl or cyclic N) is 1. The van der Waals surface area contributed by atoms with Gasteiger partial charge in [-0.25, -0.2) is 9.78 Å². The van der Waals surface area contributed by atoms with Crippen molar-refractivity contribution in [1.82, 2.24) is 14.5 Å². The Kier molecular flexibility index (Phi) is 4.94. The Labute approximate surface area is 151 Å². The van der Waals surface area contributed by atoms with E-state index >= 15 is 0 Å². The Morgan fingerprint density at radius 2 is 2.19 bits per heavy atom. The highest BCUT2D eigenvalue weighted by atomic mass is 16.5. The normalized spacial score (nSPS) is 14.5. The van der Waals surface area contributed by atoms with Crippen molar-refractivity contribution in [1.29, 1.82) is 0 Å². The van der Waals surface area contributed by atoms with E-state index in [4.69, 9.17) is 9.84 Å². The Hall–Kier alpha value is -2.87. The Morgan fingerprint density at radius 3 is 2.85 bits per heavy atom. The zero-order chi connectivity index (χ0) is 18.8. The first-order valence-corrected chi connectivity index (χ1v) is 8.45. The second-order valence-corrected chi connectivity index (χ2v) is 6.03. The number of fused-ring (bicyclic) bond motifs is 1. The van der Waals surface area contributed by atoms with E-state index in [9.17, 15) is 9.59 Å². The first-order valence-electron chi connectivity index (χ1n) is 8.45. The zero-order valence-electron chi connectivity index (χ0n) is 15.1. The van der Waals surface area contributed by atoms with Gasteiger partial charge in [0.25, 0.3) is 5.91 Å². The van der Waals surface area contributed by atoms with E-state index in [1.165, 1.54) is 12.0 Å². The molecule has 8 nitrogen and oxygen atoms in total. The van der Waals surface area contributed by atoms with Crippen molar-refractivity contribution in [2.45, 2.75) is 20.4 Å². The van der Waals surface area contributed by atoms with Crippen molar-refractivity contribution < 1.29 is 19.4 Å². The molecule has 0 atom stereocenters. The molecule has 0 radical (unpaired) electrons. The minimum absolute atomic E-state index is 0.111. The molecule has 0 aliphatic carbocycles. The van der Waals surface area contributed by atoms with Gasteiger partial charge in [-0.2, -0.15) is 0 Å². The van der Waals surface area contributed by atoms with Crippen LogP contribution in [0.2, 0.25) is 0 Å². The van der Waals surface area contributed by atoms with Gasteiger partial charge in [-0.05, 0) is 32.0 Å². The number of aliphatic hydroxyl groups excluding tert-OH is 1. The van der Waals surface area contributed by atoms with Gasteiger partial charge in [0.1, 0.15) is 11.5 Å². The number of amides is 1. The fourth-order valence-corrected chi connectivity index (χ4v) is 3.22. The summed E-state index contributed by atoms with van der Waals surface area (Å²) >= 11 is 0. The minimum atomic E-state index is -0.562. The molecule has 0 fully saturated rings.